The molecule has 108 valence electrons. The van der Waals surface area contributed by atoms with E-state index in [0.717, 1.165) is 0 Å². The normalized spacial score (nSPS) is 12.8. The highest BCUT2D eigenvalue weighted by molar-refractivity contribution is 5.78. The summed E-state index contributed by atoms with van der Waals surface area (Å²) < 4.78 is 5.09. The zero-order valence-electron chi connectivity index (χ0n) is 11.2. The van der Waals surface area contributed by atoms with Crippen molar-refractivity contribution in [3.63, 3.8) is 0 Å². The number of phenolic OH excluding ortho intramolecular Hbond substituents is 1. The highest BCUT2D eigenvalue weighted by Crippen LogP contribution is 2.23. The van der Waals surface area contributed by atoms with Gasteiger partial charge in [-0.25, -0.2) is 0 Å². The topological polar surface area (TPSA) is 124 Å². The van der Waals surface area contributed by atoms with Crippen molar-refractivity contribution in [3.05, 3.63) is 29.3 Å². The molecule has 0 aromatic heterocycles. The molecular weight excluding hydrogens is 260 g/mol. The number of phenols is 1. The maximum Gasteiger partial charge on any atom is 0.190 e. The second kappa shape index (κ2) is 7.99. The van der Waals surface area contributed by atoms with E-state index in [-0.39, 0.29) is 17.3 Å². The molecule has 1 aromatic carbocycles. The summed E-state index contributed by atoms with van der Waals surface area (Å²) in [5.74, 6) is -0.106. The van der Waals surface area contributed by atoms with Gasteiger partial charge in [0.05, 0.1) is 24.8 Å². The fourth-order valence-corrected chi connectivity index (χ4v) is 1.48. The minimum Gasteiger partial charge on any atom is -0.507 e. The molecule has 1 rings (SSSR count). The maximum atomic E-state index is 9.92. The van der Waals surface area contributed by atoms with Crippen LogP contribution in [-0.2, 0) is 4.74 Å². The third-order valence-electron chi connectivity index (χ3n) is 2.46. The number of guanidine groups is 1. The van der Waals surface area contributed by atoms with Gasteiger partial charge in [0.2, 0.25) is 0 Å². The molecule has 0 fully saturated rings. The van der Waals surface area contributed by atoms with Crippen molar-refractivity contribution in [2.45, 2.75) is 13.2 Å². The van der Waals surface area contributed by atoms with Crippen LogP contribution in [0.1, 0.15) is 24.3 Å². The first-order chi connectivity index (χ1) is 9.58. The molecule has 0 amide bonds. The Morgan fingerprint density at radius 2 is 2.35 bits per heavy atom. The lowest BCUT2D eigenvalue weighted by atomic mass is 10.1. The van der Waals surface area contributed by atoms with Crippen LogP contribution in [-0.4, -0.2) is 35.9 Å². The van der Waals surface area contributed by atoms with Crippen molar-refractivity contribution in [1.82, 2.24) is 5.32 Å². The summed E-state index contributed by atoms with van der Waals surface area (Å²) >= 11 is 0. The number of hydrogen-bond donors (Lipinski definition) is 4. The molecule has 0 aliphatic heterocycles. The molecule has 0 heterocycles. The largest absolute Gasteiger partial charge is 0.507 e. The zero-order valence-corrected chi connectivity index (χ0v) is 11.2. The highest BCUT2D eigenvalue weighted by atomic mass is 16.5. The van der Waals surface area contributed by atoms with E-state index in [1.54, 1.807) is 0 Å². The van der Waals surface area contributed by atoms with Crippen molar-refractivity contribution >= 4 is 5.96 Å². The molecule has 1 unspecified atom stereocenters. The minimum atomic E-state index is -1.25. The van der Waals surface area contributed by atoms with Gasteiger partial charge in [-0.1, -0.05) is 0 Å². The first-order valence-electron chi connectivity index (χ1n) is 6.13. The van der Waals surface area contributed by atoms with Crippen molar-refractivity contribution in [1.29, 1.82) is 5.26 Å². The molecular formula is C13H18N4O3. The molecule has 0 saturated carbocycles. The zero-order chi connectivity index (χ0) is 15.0. The summed E-state index contributed by atoms with van der Waals surface area (Å²) in [6, 6.07) is 6.08. The van der Waals surface area contributed by atoms with Crippen molar-refractivity contribution < 1.29 is 14.9 Å². The SMILES string of the molecule is CCOCCN=C(N)NC(O)c1cc(C#N)ccc1O. The molecule has 0 bridgehead atoms. The molecule has 0 aliphatic carbocycles. The van der Waals surface area contributed by atoms with E-state index < -0.39 is 6.23 Å². The van der Waals surface area contributed by atoms with Crippen LogP contribution >= 0.6 is 0 Å². The number of nitriles is 1. The van der Waals surface area contributed by atoms with E-state index in [9.17, 15) is 10.2 Å². The summed E-state index contributed by atoms with van der Waals surface area (Å²) in [4.78, 5) is 3.95. The third kappa shape index (κ3) is 4.76. The van der Waals surface area contributed by atoms with Gasteiger partial charge in [0, 0.05) is 12.2 Å². The van der Waals surface area contributed by atoms with E-state index in [1.807, 2.05) is 13.0 Å². The van der Waals surface area contributed by atoms with Gasteiger partial charge >= 0.3 is 0 Å². The standard InChI is InChI=1S/C13H18N4O3/c1-2-20-6-5-16-13(15)17-12(19)10-7-9(8-14)3-4-11(10)18/h3-4,7,12,18-19H,2,5-6H2,1H3,(H3,15,16,17). The van der Waals surface area contributed by atoms with Crippen LogP contribution in [0, 0.1) is 11.3 Å². The van der Waals surface area contributed by atoms with Crippen molar-refractivity contribution in [2.75, 3.05) is 19.8 Å². The summed E-state index contributed by atoms with van der Waals surface area (Å²) in [5.41, 5.74) is 6.08. The van der Waals surface area contributed by atoms with E-state index >= 15 is 0 Å². The smallest absolute Gasteiger partial charge is 0.190 e. The number of aliphatic imine (C=N–C) groups is 1. The van der Waals surface area contributed by atoms with Gasteiger partial charge in [0.15, 0.2) is 12.2 Å². The van der Waals surface area contributed by atoms with Gasteiger partial charge in [-0.05, 0) is 25.1 Å². The van der Waals surface area contributed by atoms with Crippen LogP contribution in [0.2, 0.25) is 0 Å². The van der Waals surface area contributed by atoms with E-state index in [1.165, 1.54) is 18.2 Å². The number of aromatic hydroxyl groups is 1. The van der Waals surface area contributed by atoms with Crippen molar-refractivity contribution in [2.24, 2.45) is 10.7 Å². The Balaban J connectivity index is 2.66. The van der Waals surface area contributed by atoms with Gasteiger partial charge in [-0.3, -0.25) is 4.99 Å². The number of rotatable bonds is 6. The Morgan fingerprint density at radius 1 is 1.60 bits per heavy atom. The Hall–Kier alpha value is -2.30. The van der Waals surface area contributed by atoms with Gasteiger partial charge in [-0.15, -0.1) is 0 Å². The molecule has 0 aliphatic rings. The lowest BCUT2D eigenvalue weighted by molar-refractivity contribution is 0.153. The second-order valence-electron chi connectivity index (χ2n) is 3.90. The molecule has 5 N–H and O–H groups in total. The quantitative estimate of drug-likeness (QED) is 0.255. The summed E-state index contributed by atoms with van der Waals surface area (Å²) in [5, 5.41) is 30.9. The van der Waals surface area contributed by atoms with E-state index in [2.05, 4.69) is 10.3 Å². The maximum absolute atomic E-state index is 9.92. The Kier molecular flexibility index (Phi) is 6.29. The fraction of sp³-hybridized carbons (Fsp3) is 0.385. The van der Waals surface area contributed by atoms with Crippen molar-refractivity contribution in [3.8, 4) is 11.8 Å². The monoisotopic (exact) mass is 278 g/mol. The van der Waals surface area contributed by atoms with E-state index in [4.69, 9.17) is 15.7 Å². The number of benzene rings is 1. The number of aliphatic hydroxyl groups excluding tert-OH is 1. The number of aliphatic hydroxyl groups is 1. The molecule has 0 saturated heterocycles. The number of hydrogen-bond acceptors (Lipinski definition) is 5. The van der Waals surface area contributed by atoms with Gasteiger partial charge in [0.25, 0.3) is 0 Å². The molecule has 7 heteroatoms. The average molecular weight is 278 g/mol. The van der Waals surface area contributed by atoms with Crippen LogP contribution < -0.4 is 11.1 Å². The number of ether oxygens (including phenoxy) is 1. The molecule has 7 nitrogen and oxygen atoms in total. The highest BCUT2D eigenvalue weighted by Gasteiger charge is 2.13. The Labute approximate surface area is 117 Å². The summed E-state index contributed by atoms with van der Waals surface area (Å²) in [7, 11) is 0. The number of nitrogens with zero attached hydrogens (tertiary/aromatic N) is 2. The molecule has 0 spiro atoms. The third-order valence-corrected chi connectivity index (χ3v) is 2.46. The lowest BCUT2D eigenvalue weighted by Crippen LogP contribution is -2.35. The molecule has 0 radical (unpaired) electrons. The minimum absolute atomic E-state index is 0.0268. The Morgan fingerprint density at radius 3 is 3.00 bits per heavy atom. The number of nitrogens with two attached hydrogens (primary N) is 1. The molecule has 1 aromatic rings. The first-order valence-corrected chi connectivity index (χ1v) is 6.13. The van der Waals surface area contributed by atoms with Crippen LogP contribution in [0.4, 0.5) is 0 Å². The first kappa shape index (κ1) is 15.8. The average Bonchev–Trinajstić information content (AvgIpc) is 2.44. The van der Waals surface area contributed by atoms with Crippen LogP contribution in [0.5, 0.6) is 5.75 Å². The predicted molar refractivity (Wildman–Crippen MR) is 73.9 cm³/mol. The fourth-order valence-electron chi connectivity index (χ4n) is 1.48. The Bertz CT molecular complexity index is 511. The van der Waals surface area contributed by atoms with Crippen LogP contribution in [0.3, 0.4) is 0 Å². The van der Waals surface area contributed by atoms with Crippen LogP contribution in [0.15, 0.2) is 23.2 Å². The summed E-state index contributed by atoms with van der Waals surface area (Å²) in [6.45, 7) is 3.27. The van der Waals surface area contributed by atoms with Gasteiger partial charge in [-0.2, -0.15) is 5.26 Å². The van der Waals surface area contributed by atoms with E-state index in [0.29, 0.717) is 25.3 Å². The summed E-state index contributed by atoms with van der Waals surface area (Å²) in [6.07, 6.45) is -1.25. The van der Waals surface area contributed by atoms with Crippen LogP contribution in [0.25, 0.3) is 0 Å². The second-order valence-corrected chi connectivity index (χ2v) is 3.90. The van der Waals surface area contributed by atoms with Gasteiger partial charge < -0.3 is 26.0 Å². The molecule has 20 heavy (non-hydrogen) atoms. The van der Waals surface area contributed by atoms with Gasteiger partial charge in [0.1, 0.15) is 5.75 Å². The molecule has 1 atom stereocenters. The lowest BCUT2D eigenvalue weighted by Gasteiger charge is -2.15. The predicted octanol–water partition coefficient (Wildman–Crippen LogP) is 0.196. The number of nitrogens with one attached hydrogen (secondary N) is 1.